The van der Waals surface area contributed by atoms with Crippen LogP contribution in [0.15, 0.2) is 30.6 Å². The Kier molecular flexibility index (Phi) is 3.32. The quantitative estimate of drug-likeness (QED) is 0.789. The number of nitrogen functional groups attached to an aromatic ring is 1. The maximum atomic E-state index is 5.93. The first-order valence-corrected chi connectivity index (χ1v) is 5.73. The van der Waals surface area contributed by atoms with Crippen LogP contribution in [0.3, 0.4) is 0 Å². The van der Waals surface area contributed by atoms with Gasteiger partial charge in [0.15, 0.2) is 0 Å². The van der Waals surface area contributed by atoms with Crippen LogP contribution in [0, 0.1) is 6.92 Å². The van der Waals surface area contributed by atoms with Gasteiger partial charge in [-0.05, 0) is 30.5 Å². The second-order valence-electron chi connectivity index (χ2n) is 4.24. The van der Waals surface area contributed by atoms with Gasteiger partial charge in [-0.2, -0.15) is 5.10 Å². The van der Waals surface area contributed by atoms with Crippen molar-refractivity contribution in [2.45, 2.75) is 13.3 Å². The lowest BCUT2D eigenvalue weighted by atomic mass is 10.1. The standard InChI is InChI=1S/C13H18N4/c1-10-4-3-5-12(14)13(10)15-7-6-11-8-16-17(2)9-11/h3-5,8-9,15H,6-7,14H2,1-2H3. The van der Waals surface area contributed by atoms with E-state index in [1.807, 2.05) is 36.3 Å². The van der Waals surface area contributed by atoms with Crippen LogP contribution in [0.2, 0.25) is 0 Å². The first-order valence-electron chi connectivity index (χ1n) is 5.73. The van der Waals surface area contributed by atoms with E-state index in [9.17, 15) is 0 Å². The predicted molar refractivity (Wildman–Crippen MR) is 71.0 cm³/mol. The third-order valence-electron chi connectivity index (χ3n) is 2.78. The van der Waals surface area contributed by atoms with Crippen molar-refractivity contribution in [3.8, 4) is 0 Å². The van der Waals surface area contributed by atoms with Crippen molar-refractivity contribution in [2.24, 2.45) is 7.05 Å². The largest absolute Gasteiger partial charge is 0.397 e. The van der Waals surface area contributed by atoms with Gasteiger partial charge in [-0.3, -0.25) is 4.68 Å². The van der Waals surface area contributed by atoms with E-state index in [0.29, 0.717) is 0 Å². The number of anilines is 2. The van der Waals surface area contributed by atoms with Crippen LogP contribution in [0.1, 0.15) is 11.1 Å². The number of hydrogen-bond donors (Lipinski definition) is 2. The molecule has 3 N–H and O–H groups in total. The lowest BCUT2D eigenvalue weighted by Gasteiger charge is -2.11. The number of benzene rings is 1. The molecule has 0 amide bonds. The van der Waals surface area contributed by atoms with Gasteiger partial charge in [-0.1, -0.05) is 12.1 Å². The van der Waals surface area contributed by atoms with Crippen molar-refractivity contribution in [2.75, 3.05) is 17.6 Å². The van der Waals surface area contributed by atoms with Gasteiger partial charge >= 0.3 is 0 Å². The van der Waals surface area contributed by atoms with Crippen LogP contribution in [-0.2, 0) is 13.5 Å². The molecular weight excluding hydrogens is 212 g/mol. The predicted octanol–water partition coefficient (Wildman–Crippen LogP) is 1.97. The first-order chi connectivity index (χ1) is 8.16. The molecule has 4 nitrogen and oxygen atoms in total. The van der Waals surface area contributed by atoms with Gasteiger partial charge in [0.05, 0.1) is 17.6 Å². The molecule has 1 heterocycles. The van der Waals surface area contributed by atoms with Crippen LogP contribution in [0.5, 0.6) is 0 Å². The molecule has 2 aromatic rings. The number of rotatable bonds is 4. The van der Waals surface area contributed by atoms with Gasteiger partial charge in [-0.25, -0.2) is 0 Å². The van der Waals surface area contributed by atoms with Crippen molar-refractivity contribution in [3.63, 3.8) is 0 Å². The zero-order chi connectivity index (χ0) is 12.3. The highest BCUT2D eigenvalue weighted by atomic mass is 15.2. The van der Waals surface area contributed by atoms with E-state index in [4.69, 9.17) is 5.73 Å². The minimum atomic E-state index is 0.802. The Bertz CT molecular complexity index is 482. The van der Waals surface area contributed by atoms with Crippen molar-refractivity contribution in [1.82, 2.24) is 9.78 Å². The van der Waals surface area contributed by atoms with Gasteiger partial charge in [0.1, 0.15) is 0 Å². The Morgan fingerprint density at radius 2 is 2.24 bits per heavy atom. The molecule has 0 aliphatic rings. The second-order valence-corrected chi connectivity index (χ2v) is 4.24. The normalized spacial score (nSPS) is 10.5. The molecule has 0 fully saturated rings. The van der Waals surface area contributed by atoms with Crippen molar-refractivity contribution in [1.29, 1.82) is 0 Å². The zero-order valence-corrected chi connectivity index (χ0v) is 10.3. The molecule has 0 bridgehead atoms. The van der Waals surface area contributed by atoms with Gasteiger partial charge in [-0.15, -0.1) is 0 Å². The number of hydrogen-bond acceptors (Lipinski definition) is 3. The summed E-state index contributed by atoms with van der Waals surface area (Å²) < 4.78 is 1.82. The molecule has 0 aliphatic carbocycles. The SMILES string of the molecule is Cc1cccc(N)c1NCCc1cnn(C)c1. The minimum Gasteiger partial charge on any atom is -0.397 e. The fourth-order valence-electron chi connectivity index (χ4n) is 1.86. The highest BCUT2D eigenvalue weighted by Gasteiger charge is 2.02. The molecular formula is C13H18N4. The van der Waals surface area contributed by atoms with E-state index in [0.717, 1.165) is 24.3 Å². The van der Waals surface area contributed by atoms with Crippen LogP contribution in [0.4, 0.5) is 11.4 Å². The molecule has 0 spiro atoms. The summed E-state index contributed by atoms with van der Waals surface area (Å²) in [7, 11) is 1.93. The Morgan fingerprint density at radius 1 is 1.41 bits per heavy atom. The number of aryl methyl sites for hydroxylation is 2. The summed E-state index contributed by atoms with van der Waals surface area (Å²) in [5, 5.41) is 7.52. The highest BCUT2D eigenvalue weighted by molar-refractivity contribution is 5.69. The van der Waals surface area contributed by atoms with E-state index in [2.05, 4.69) is 23.4 Å². The lowest BCUT2D eigenvalue weighted by molar-refractivity contribution is 0.767. The van der Waals surface area contributed by atoms with Gasteiger partial charge in [0.25, 0.3) is 0 Å². The molecule has 4 heteroatoms. The second kappa shape index (κ2) is 4.91. The minimum absolute atomic E-state index is 0.802. The van der Waals surface area contributed by atoms with Crippen molar-refractivity contribution >= 4 is 11.4 Å². The molecule has 0 aliphatic heterocycles. The summed E-state index contributed by atoms with van der Waals surface area (Å²) in [5.41, 5.74) is 10.2. The monoisotopic (exact) mass is 230 g/mol. The molecule has 1 aromatic carbocycles. The van der Waals surface area contributed by atoms with Crippen LogP contribution in [0.25, 0.3) is 0 Å². The van der Waals surface area contributed by atoms with Crippen LogP contribution >= 0.6 is 0 Å². The van der Waals surface area contributed by atoms with Crippen LogP contribution in [-0.4, -0.2) is 16.3 Å². The maximum absolute atomic E-state index is 5.93. The Labute approximate surface area is 101 Å². The molecule has 0 saturated heterocycles. The Morgan fingerprint density at radius 3 is 2.88 bits per heavy atom. The fraction of sp³-hybridized carbons (Fsp3) is 0.308. The molecule has 1 aromatic heterocycles. The third kappa shape index (κ3) is 2.78. The van der Waals surface area contributed by atoms with Crippen molar-refractivity contribution < 1.29 is 0 Å². The topological polar surface area (TPSA) is 55.9 Å². The van der Waals surface area contributed by atoms with Gasteiger partial charge in [0, 0.05) is 19.8 Å². The number of nitrogens with zero attached hydrogens (tertiary/aromatic N) is 2. The van der Waals surface area contributed by atoms with E-state index in [1.54, 1.807) is 0 Å². The number of aromatic nitrogens is 2. The summed E-state index contributed by atoms with van der Waals surface area (Å²) in [5.74, 6) is 0. The zero-order valence-electron chi connectivity index (χ0n) is 10.3. The van der Waals surface area contributed by atoms with Gasteiger partial charge in [0.2, 0.25) is 0 Å². The molecule has 2 rings (SSSR count). The summed E-state index contributed by atoms with van der Waals surface area (Å²) in [4.78, 5) is 0. The molecule has 0 atom stereocenters. The van der Waals surface area contributed by atoms with Gasteiger partial charge < -0.3 is 11.1 Å². The van der Waals surface area contributed by atoms with E-state index < -0.39 is 0 Å². The van der Waals surface area contributed by atoms with Crippen molar-refractivity contribution in [3.05, 3.63) is 41.7 Å². The van der Waals surface area contributed by atoms with Crippen LogP contribution < -0.4 is 11.1 Å². The molecule has 0 radical (unpaired) electrons. The van der Waals surface area contributed by atoms with E-state index in [1.165, 1.54) is 11.1 Å². The summed E-state index contributed by atoms with van der Waals surface area (Å²) >= 11 is 0. The number of para-hydroxylation sites is 1. The Balaban J connectivity index is 1.94. The van der Waals surface area contributed by atoms with E-state index >= 15 is 0 Å². The maximum Gasteiger partial charge on any atom is 0.0603 e. The fourth-order valence-corrected chi connectivity index (χ4v) is 1.86. The highest BCUT2D eigenvalue weighted by Crippen LogP contribution is 2.22. The molecule has 17 heavy (non-hydrogen) atoms. The average molecular weight is 230 g/mol. The lowest BCUT2D eigenvalue weighted by Crippen LogP contribution is -2.07. The number of nitrogens with two attached hydrogens (primary N) is 1. The third-order valence-corrected chi connectivity index (χ3v) is 2.78. The summed E-state index contributed by atoms with van der Waals surface area (Å²) in [6, 6.07) is 5.94. The molecule has 0 saturated carbocycles. The molecule has 90 valence electrons. The smallest absolute Gasteiger partial charge is 0.0603 e. The average Bonchev–Trinajstić information content (AvgIpc) is 2.69. The van der Waals surface area contributed by atoms with E-state index in [-0.39, 0.29) is 0 Å². The number of nitrogens with one attached hydrogen (secondary N) is 1. The Hall–Kier alpha value is -1.97. The first kappa shape index (κ1) is 11.5. The summed E-state index contributed by atoms with van der Waals surface area (Å²) in [6.07, 6.45) is 4.87. The molecule has 0 unspecified atom stereocenters. The summed E-state index contributed by atoms with van der Waals surface area (Å²) in [6.45, 7) is 2.92.